The molecule has 0 radical (unpaired) electrons. The number of hydrogen-bond donors (Lipinski definition) is 1. The minimum atomic E-state index is -0.436. The number of imidazole rings is 1. The number of thiazole rings is 1. The second kappa shape index (κ2) is 4.88. The highest BCUT2D eigenvalue weighted by Crippen LogP contribution is 2.33. The molecule has 0 bridgehead atoms. The Labute approximate surface area is 128 Å². The lowest BCUT2D eigenvalue weighted by Gasteiger charge is -2.05. The summed E-state index contributed by atoms with van der Waals surface area (Å²) in [5.74, 6) is 1.59. The quantitative estimate of drug-likeness (QED) is 0.587. The molecule has 0 saturated heterocycles. The van der Waals surface area contributed by atoms with Gasteiger partial charge in [0.2, 0.25) is 12.6 Å². The van der Waals surface area contributed by atoms with E-state index >= 15 is 0 Å². The highest BCUT2D eigenvalue weighted by atomic mass is 32.1. The van der Waals surface area contributed by atoms with Gasteiger partial charge in [-0.05, 0) is 22.6 Å². The summed E-state index contributed by atoms with van der Waals surface area (Å²) in [6, 6.07) is 5.55. The Morgan fingerprint density at radius 3 is 3.14 bits per heavy atom. The van der Waals surface area contributed by atoms with Crippen LogP contribution in [0.2, 0.25) is 0 Å². The largest absolute Gasteiger partial charge is 0.454 e. The van der Waals surface area contributed by atoms with Crippen LogP contribution in [0, 0.1) is 10.1 Å². The van der Waals surface area contributed by atoms with E-state index in [1.807, 2.05) is 18.2 Å². The summed E-state index contributed by atoms with van der Waals surface area (Å²) in [6.07, 6.45) is 1.64. The smallest absolute Gasteiger partial charge is 0.372 e. The predicted molar refractivity (Wildman–Crippen MR) is 79.6 cm³/mol. The molecule has 0 amide bonds. The van der Waals surface area contributed by atoms with Crippen molar-refractivity contribution in [3.8, 4) is 11.5 Å². The topological polar surface area (TPSA) is 90.9 Å². The molecule has 3 heterocycles. The molecule has 1 aliphatic heterocycles. The van der Waals surface area contributed by atoms with E-state index in [4.69, 9.17) is 9.47 Å². The summed E-state index contributed by atoms with van der Waals surface area (Å²) in [4.78, 5) is 15.6. The van der Waals surface area contributed by atoms with E-state index < -0.39 is 4.92 Å². The summed E-state index contributed by atoms with van der Waals surface area (Å²) < 4.78 is 12.0. The molecule has 3 aromatic rings. The Kier molecular flexibility index (Phi) is 2.86. The predicted octanol–water partition coefficient (Wildman–Crippen LogP) is 2.64. The van der Waals surface area contributed by atoms with Gasteiger partial charge in [-0.3, -0.25) is 0 Å². The summed E-state index contributed by atoms with van der Waals surface area (Å²) >= 11 is 1.35. The Balaban J connectivity index is 1.60. The average Bonchev–Trinajstić information content (AvgIpc) is 3.18. The molecular weight excluding hydrogens is 308 g/mol. The molecule has 0 fully saturated rings. The van der Waals surface area contributed by atoms with Crippen LogP contribution < -0.4 is 14.8 Å². The van der Waals surface area contributed by atoms with Crippen LogP contribution in [-0.4, -0.2) is 21.1 Å². The molecule has 112 valence electrons. The van der Waals surface area contributed by atoms with Crippen molar-refractivity contribution in [2.75, 3.05) is 12.1 Å². The maximum Gasteiger partial charge on any atom is 0.372 e. The maximum atomic E-state index is 11.2. The van der Waals surface area contributed by atoms with Crippen LogP contribution >= 0.6 is 11.3 Å². The summed E-state index contributed by atoms with van der Waals surface area (Å²) in [5, 5.41) is 16.0. The van der Waals surface area contributed by atoms with E-state index in [1.54, 1.807) is 11.6 Å². The molecule has 0 unspecified atom stereocenters. The molecule has 0 spiro atoms. The van der Waals surface area contributed by atoms with Crippen LogP contribution in [-0.2, 0) is 6.54 Å². The van der Waals surface area contributed by atoms with E-state index in [9.17, 15) is 10.1 Å². The first kappa shape index (κ1) is 12.9. The van der Waals surface area contributed by atoms with E-state index in [0.717, 1.165) is 5.56 Å². The zero-order chi connectivity index (χ0) is 15.1. The standard InChI is InChI=1S/C13H10N4O4S/c18-17(19)12-11(15-13-16(12)3-4-22-13)14-6-8-1-2-9-10(5-8)21-7-20-9/h1-5,14H,6-7H2. The third-order valence-electron chi connectivity index (χ3n) is 3.31. The minimum absolute atomic E-state index is 0.0583. The van der Waals surface area contributed by atoms with E-state index in [-0.39, 0.29) is 18.4 Å². The molecule has 8 nitrogen and oxygen atoms in total. The molecule has 0 aliphatic carbocycles. The van der Waals surface area contributed by atoms with Crippen molar-refractivity contribution in [2.45, 2.75) is 6.54 Å². The third-order valence-corrected chi connectivity index (χ3v) is 4.06. The van der Waals surface area contributed by atoms with Gasteiger partial charge >= 0.3 is 5.82 Å². The lowest BCUT2D eigenvalue weighted by molar-refractivity contribution is -0.389. The lowest BCUT2D eigenvalue weighted by atomic mass is 10.2. The second-order valence-corrected chi connectivity index (χ2v) is 5.51. The normalized spacial score (nSPS) is 12.7. The lowest BCUT2D eigenvalue weighted by Crippen LogP contribution is -2.03. The van der Waals surface area contributed by atoms with Gasteiger partial charge in [0, 0.05) is 11.9 Å². The van der Waals surface area contributed by atoms with Gasteiger partial charge < -0.3 is 24.9 Å². The van der Waals surface area contributed by atoms with Gasteiger partial charge in [-0.15, -0.1) is 0 Å². The number of nitrogens with one attached hydrogen (secondary N) is 1. The zero-order valence-corrected chi connectivity index (χ0v) is 12.0. The fraction of sp³-hybridized carbons (Fsp3) is 0.154. The minimum Gasteiger partial charge on any atom is -0.454 e. The molecule has 1 aromatic carbocycles. The summed E-state index contributed by atoms with van der Waals surface area (Å²) in [7, 11) is 0. The van der Waals surface area contributed by atoms with Crippen molar-refractivity contribution >= 4 is 27.9 Å². The van der Waals surface area contributed by atoms with Crippen LogP contribution in [0.25, 0.3) is 4.96 Å². The van der Waals surface area contributed by atoms with Gasteiger partial charge in [-0.1, -0.05) is 17.4 Å². The second-order valence-electron chi connectivity index (χ2n) is 4.64. The molecule has 0 atom stereocenters. The highest BCUT2D eigenvalue weighted by molar-refractivity contribution is 7.15. The van der Waals surface area contributed by atoms with Gasteiger partial charge in [-0.2, -0.15) is 9.38 Å². The number of nitro groups is 1. The van der Waals surface area contributed by atoms with Crippen molar-refractivity contribution in [3.63, 3.8) is 0 Å². The van der Waals surface area contributed by atoms with Gasteiger partial charge in [-0.25, -0.2) is 0 Å². The number of rotatable bonds is 4. The Morgan fingerprint density at radius 1 is 1.41 bits per heavy atom. The molecule has 0 saturated carbocycles. The zero-order valence-electron chi connectivity index (χ0n) is 11.2. The average molecular weight is 318 g/mol. The number of ether oxygens (including phenoxy) is 2. The fourth-order valence-corrected chi connectivity index (χ4v) is 3.01. The molecule has 4 rings (SSSR count). The Bertz CT molecular complexity index is 872. The number of aromatic nitrogens is 2. The SMILES string of the molecule is O=[N+]([O-])c1c(NCc2ccc3c(c2)OCO3)nc2sccn12. The van der Waals surface area contributed by atoms with Gasteiger partial charge in [0.25, 0.3) is 4.96 Å². The number of anilines is 1. The van der Waals surface area contributed by atoms with Crippen LogP contribution in [0.3, 0.4) is 0 Å². The van der Waals surface area contributed by atoms with Crippen LogP contribution in [0.5, 0.6) is 11.5 Å². The van der Waals surface area contributed by atoms with Gasteiger partial charge in [0.1, 0.15) is 6.20 Å². The van der Waals surface area contributed by atoms with Crippen LogP contribution in [0.15, 0.2) is 29.8 Å². The number of nitrogens with zero attached hydrogens (tertiary/aromatic N) is 3. The van der Waals surface area contributed by atoms with Crippen molar-refractivity contribution < 1.29 is 14.4 Å². The molecule has 1 aliphatic rings. The van der Waals surface area contributed by atoms with Crippen molar-refractivity contribution in [3.05, 3.63) is 45.5 Å². The van der Waals surface area contributed by atoms with Crippen molar-refractivity contribution in [1.29, 1.82) is 0 Å². The fourth-order valence-electron chi connectivity index (χ4n) is 2.30. The van der Waals surface area contributed by atoms with Gasteiger partial charge in [0.05, 0.1) is 0 Å². The molecule has 1 N–H and O–H groups in total. The van der Waals surface area contributed by atoms with E-state index in [0.29, 0.717) is 23.0 Å². The first-order valence-corrected chi connectivity index (χ1v) is 7.32. The molecular formula is C13H10N4O4S. The molecule has 22 heavy (non-hydrogen) atoms. The van der Waals surface area contributed by atoms with Crippen molar-refractivity contribution in [1.82, 2.24) is 9.38 Å². The Morgan fingerprint density at radius 2 is 2.27 bits per heavy atom. The van der Waals surface area contributed by atoms with Crippen LogP contribution in [0.1, 0.15) is 5.56 Å². The third kappa shape index (κ3) is 2.02. The van der Waals surface area contributed by atoms with E-state index in [1.165, 1.54) is 15.7 Å². The first-order valence-electron chi connectivity index (χ1n) is 6.45. The highest BCUT2D eigenvalue weighted by Gasteiger charge is 2.23. The maximum absolute atomic E-state index is 11.2. The molecule has 9 heteroatoms. The Hall–Kier alpha value is -2.81. The number of benzene rings is 1. The first-order chi connectivity index (χ1) is 10.7. The van der Waals surface area contributed by atoms with Gasteiger partial charge in [0.15, 0.2) is 11.5 Å². The van der Waals surface area contributed by atoms with Crippen molar-refractivity contribution in [2.24, 2.45) is 0 Å². The van der Waals surface area contributed by atoms with E-state index in [2.05, 4.69) is 10.3 Å². The number of hydrogen-bond acceptors (Lipinski definition) is 7. The van der Waals surface area contributed by atoms with Crippen LogP contribution in [0.4, 0.5) is 11.6 Å². The monoisotopic (exact) mass is 318 g/mol. The summed E-state index contributed by atoms with van der Waals surface area (Å²) in [6.45, 7) is 0.622. The summed E-state index contributed by atoms with van der Waals surface area (Å²) in [5.41, 5.74) is 0.926. The number of fused-ring (bicyclic) bond motifs is 2. The molecule has 2 aromatic heterocycles.